The lowest BCUT2D eigenvalue weighted by Gasteiger charge is -2.00. The molecule has 0 aliphatic carbocycles. The van der Waals surface area contributed by atoms with E-state index in [-0.39, 0.29) is 5.69 Å². The van der Waals surface area contributed by atoms with Gasteiger partial charge < -0.3 is 4.74 Å². The lowest BCUT2D eigenvalue weighted by molar-refractivity contribution is -0.385. The highest BCUT2D eigenvalue weighted by Gasteiger charge is 2.12. The van der Waals surface area contributed by atoms with Crippen LogP contribution in [0.4, 0.5) is 5.69 Å². The molecule has 0 aliphatic rings. The molecule has 78 valence electrons. The van der Waals surface area contributed by atoms with Crippen LogP contribution in [0.25, 0.3) is 0 Å². The molecular weight excluding hydrogens is 262 g/mol. The summed E-state index contributed by atoms with van der Waals surface area (Å²) in [6.07, 6.45) is 0. The van der Waals surface area contributed by atoms with Gasteiger partial charge in [0.15, 0.2) is 0 Å². The number of ether oxygens (including phenoxy) is 1. The van der Waals surface area contributed by atoms with E-state index in [1.165, 1.54) is 13.2 Å². The molecule has 0 atom stereocenters. The predicted octanol–water partition coefficient (Wildman–Crippen LogP) is 2.35. The van der Waals surface area contributed by atoms with Crippen molar-refractivity contribution >= 4 is 21.6 Å². The van der Waals surface area contributed by atoms with Crippen LogP contribution in [0.5, 0.6) is 5.75 Å². The standard InChI is InChI=1S/C10H8BrNO3/c1-15-9-5-4-8(3-2-6-11)10(7-9)12(13)14/h4-5,7H,6H2,1H3. The third-order valence-electron chi connectivity index (χ3n) is 1.69. The van der Waals surface area contributed by atoms with Gasteiger partial charge in [-0.2, -0.15) is 0 Å². The first kappa shape index (κ1) is 11.5. The molecule has 0 saturated carbocycles. The molecule has 0 heterocycles. The van der Waals surface area contributed by atoms with Gasteiger partial charge in [-0.05, 0) is 12.1 Å². The SMILES string of the molecule is COc1ccc(C#CCBr)c([N+](=O)[O-])c1. The summed E-state index contributed by atoms with van der Waals surface area (Å²) in [6, 6.07) is 4.58. The van der Waals surface area contributed by atoms with Gasteiger partial charge in [-0.15, -0.1) is 0 Å². The summed E-state index contributed by atoms with van der Waals surface area (Å²) in [6.45, 7) is 0. The number of alkyl halides is 1. The largest absolute Gasteiger partial charge is 0.497 e. The average Bonchev–Trinajstić information content (AvgIpc) is 2.26. The molecule has 15 heavy (non-hydrogen) atoms. The Morgan fingerprint density at radius 2 is 2.33 bits per heavy atom. The van der Waals surface area contributed by atoms with Gasteiger partial charge in [-0.25, -0.2) is 0 Å². The maximum atomic E-state index is 10.7. The van der Waals surface area contributed by atoms with Crippen LogP contribution in [0.2, 0.25) is 0 Å². The number of rotatable bonds is 2. The summed E-state index contributed by atoms with van der Waals surface area (Å²) in [5.74, 6) is 5.87. The van der Waals surface area contributed by atoms with Gasteiger partial charge in [-0.3, -0.25) is 10.1 Å². The van der Waals surface area contributed by atoms with Crippen LogP contribution in [0, 0.1) is 22.0 Å². The van der Waals surface area contributed by atoms with Crippen LogP contribution in [-0.4, -0.2) is 17.4 Å². The van der Waals surface area contributed by atoms with E-state index in [1.807, 2.05) is 0 Å². The molecule has 0 N–H and O–H groups in total. The van der Waals surface area contributed by atoms with Crippen molar-refractivity contribution in [3.63, 3.8) is 0 Å². The van der Waals surface area contributed by atoms with Gasteiger partial charge in [0.05, 0.1) is 23.4 Å². The Labute approximate surface area is 95.5 Å². The van der Waals surface area contributed by atoms with E-state index in [9.17, 15) is 10.1 Å². The fourth-order valence-electron chi connectivity index (χ4n) is 1.02. The highest BCUT2D eigenvalue weighted by Crippen LogP contribution is 2.23. The Balaban J connectivity index is 3.21. The molecule has 1 aromatic rings. The second-order valence-electron chi connectivity index (χ2n) is 2.58. The average molecular weight is 270 g/mol. The Bertz CT molecular complexity index is 434. The van der Waals surface area contributed by atoms with E-state index >= 15 is 0 Å². The minimum absolute atomic E-state index is 0.0391. The number of benzene rings is 1. The number of nitrogens with zero attached hydrogens (tertiary/aromatic N) is 1. The summed E-state index contributed by atoms with van der Waals surface area (Å²) >= 11 is 3.13. The van der Waals surface area contributed by atoms with Crippen LogP contribution in [-0.2, 0) is 0 Å². The Morgan fingerprint density at radius 1 is 1.60 bits per heavy atom. The monoisotopic (exact) mass is 269 g/mol. The van der Waals surface area contributed by atoms with Crippen molar-refractivity contribution in [2.24, 2.45) is 0 Å². The fourth-order valence-corrected chi connectivity index (χ4v) is 1.16. The summed E-state index contributed by atoms with van der Waals surface area (Å²) in [5, 5.41) is 11.2. The van der Waals surface area contributed by atoms with Gasteiger partial charge in [0.25, 0.3) is 5.69 Å². The van der Waals surface area contributed by atoms with E-state index in [0.29, 0.717) is 16.6 Å². The topological polar surface area (TPSA) is 52.4 Å². The highest BCUT2D eigenvalue weighted by molar-refractivity contribution is 9.09. The van der Waals surface area contributed by atoms with Crippen molar-refractivity contribution < 1.29 is 9.66 Å². The molecule has 4 nitrogen and oxygen atoms in total. The van der Waals surface area contributed by atoms with Crippen molar-refractivity contribution in [2.45, 2.75) is 0 Å². The number of hydrogen-bond acceptors (Lipinski definition) is 3. The van der Waals surface area contributed by atoms with E-state index in [0.717, 1.165) is 0 Å². The Kier molecular flexibility index (Phi) is 4.13. The maximum absolute atomic E-state index is 10.7. The molecule has 0 aliphatic heterocycles. The summed E-state index contributed by atoms with van der Waals surface area (Å²) in [5.41, 5.74) is 0.350. The molecule has 0 bridgehead atoms. The van der Waals surface area contributed by atoms with Gasteiger partial charge in [0, 0.05) is 0 Å². The zero-order chi connectivity index (χ0) is 11.3. The summed E-state index contributed by atoms with van der Waals surface area (Å²) in [7, 11) is 1.46. The normalized spacial score (nSPS) is 8.93. The molecule has 1 rings (SSSR count). The quantitative estimate of drug-likeness (QED) is 0.359. The minimum atomic E-state index is -0.471. The van der Waals surface area contributed by atoms with Crippen molar-refractivity contribution in [1.82, 2.24) is 0 Å². The zero-order valence-electron chi connectivity index (χ0n) is 7.99. The highest BCUT2D eigenvalue weighted by atomic mass is 79.9. The number of methoxy groups -OCH3 is 1. The van der Waals surface area contributed by atoms with Crippen molar-refractivity contribution in [1.29, 1.82) is 0 Å². The van der Waals surface area contributed by atoms with Gasteiger partial charge >= 0.3 is 0 Å². The number of nitro benzene ring substituents is 1. The van der Waals surface area contributed by atoms with Crippen LogP contribution >= 0.6 is 15.9 Å². The summed E-state index contributed by atoms with van der Waals surface area (Å²) in [4.78, 5) is 10.3. The summed E-state index contributed by atoms with van der Waals surface area (Å²) < 4.78 is 4.90. The molecule has 0 saturated heterocycles. The third-order valence-corrected chi connectivity index (χ3v) is 1.97. The molecule has 0 spiro atoms. The predicted molar refractivity (Wildman–Crippen MR) is 60.3 cm³/mol. The smallest absolute Gasteiger partial charge is 0.288 e. The maximum Gasteiger partial charge on any atom is 0.288 e. The van der Waals surface area contributed by atoms with Gasteiger partial charge in [0.2, 0.25) is 0 Å². The second-order valence-corrected chi connectivity index (χ2v) is 3.14. The second kappa shape index (κ2) is 5.37. The molecule has 5 heteroatoms. The molecule has 0 amide bonds. The van der Waals surface area contributed by atoms with Gasteiger partial charge in [0.1, 0.15) is 11.3 Å². The first-order valence-corrected chi connectivity index (χ1v) is 5.18. The fraction of sp³-hybridized carbons (Fsp3) is 0.200. The number of nitro groups is 1. The van der Waals surface area contributed by atoms with E-state index < -0.39 is 4.92 Å². The molecule has 0 unspecified atom stereocenters. The molecule has 0 radical (unpaired) electrons. The van der Waals surface area contributed by atoms with Crippen molar-refractivity contribution in [3.05, 3.63) is 33.9 Å². The number of hydrogen-bond donors (Lipinski definition) is 0. The first-order chi connectivity index (χ1) is 7.19. The van der Waals surface area contributed by atoms with Crippen molar-refractivity contribution in [2.75, 3.05) is 12.4 Å². The molecule has 1 aromatic carbocycles. The lowest BCUT2D eigenvalue weighted by atomic mass is 10.2. The molecular formula is C10H8BrNO3. The molecule has 0 aromatic heterocycles. The van der Waals surface area contributed by atoms with Crippen LogP contribution in [0.15, 0.2) is 18.2 Å². The van der Waals surface area contributed by atoms with Crippen LogP contribution in [0.1, 0.15) is 5.56 Å². The first-order valence-electron chi connectivity index (χ1n) is 4.06. The van der Waals surface area contributed by atoms with Crippen molar-refractivity contribution in [3.8, 4) is 17.6 Å². The minimum Gasteiger partial charge on any atom is -0.497 e. The lowest BCUT2D eigenvalue weighted by Crippen LogP contribution is -1.93. The number of halogens is 1. The Hall–Kier alpha value is -1.54. The zero-order valence-corrected chi connectivity index (χ0v) is 9.58. The Morgan fingerprint density at radius 3 is 2.87 bits per heavy atom. The van der Waals surface area contributed by atoms with E-state index in [1.54, 1.807) is 12.1 Å². The van der Waals surface area contributed by atoms with Gasteiger partial charge in [-0.1, -0.05) is 27.8 Å². The van der Waals surface area contributed by atoms with Crippen LogP contribution < -0.4 is 4.74 Å². The molecule has 0 fully saturated rings. The van der Waals surface area contributed by atoms with E-state index in [2.05, 4.69) is 27.8 Å². The third kappa shape index (κ3) is 2.96. The van der Waals surface area contributed by atoms with Crippen LogP contribution in [0.3, 0.4) is 0 Å². The van der Waals surface area contributed by atoms with E-state index in [4.69, 9.17) is 4.74 Å².